The van der Waals surface area contributed by atoms with Gasteiger partial charge in [0, 0.05) is 17.3 Å². The first-order chi connectivity index (χ1) is 14.6. The molecule has 2 aliphatic carbocycles. The first-order valence-corrected chi connectivity index (χ1v) is 11.2. The van der Waals surface area contributed by atoms with Crippen molar-refractivity contribution in [1.29, 1.82) is 0 Å². The van der Waals surface area contributed by atoms with Crippen LogP contribution in [0.1, 0.15) is 68.7 Å². The van der Waals surface area contributed by atoms with Crippen molar-refractivity contribution in [3.63, 3.8) is 0 Å². The van der Waals surface area contributed by atoms with E-state index < -0.39 is 11.6 Å². The van der Waals surface area contributed by atoms with Gasteiger partial charge in [-0.1, -0.05) is 12.8 Å². The quantitative estimate of drug-likeness (QED) is 0.821. The van der Waals surface area contributed by atoms with Crippen molar-refractivity contribution in [3.05, 3.63) is 47.3 Å². The average molecular weight is 415 g/mol. The third-order valence-electron chi connectivity index (χ3n) is 7.19. The number of nitrogens with one attached hydrogen (secondary N) is 1. The van der Waals surface area contributed by atoms with Gasteiger partial charge in [0.15, 0.2) is 5.82 Å². The molecule has 1 aromatic carbocycles. The Hall–Kier alpha value is -2.28. The van der Waals surface area contributed by atoms with E-state index in [1.165, 1.54) is 25.0 Å². The highest BCUT2D eigenvalue weighted by atomic mass is 19.1. The van der Waals surface area contributed by atoms with E-state index in [0.717, 1.165) is 75.4 Å². The lowest BCUT2D eigenvalue weighted by Crippen LogP contribution is -2.57. The number of halogens is 2. The van der Waals surface area contributed by atoms with Crippen LogP contribution in [0.3, 0.4) is 0 Å². The molecule has 30 heavy (non-hydrogen) atoms. The fourth-order valence-electron chi connectivity index (χ4n) is 5.65. The van der Waals surface area contributed by atoms with E-state index in [4.69, 9.17) is 0 Å². The summed E-state index contributed by atoms with van der Waals surface area (Å²) in [7, 11) is 0. The van der Waals surface area contributed by atoms with Gasteiger partial charge in [0.25, 0.3) is 0 Å². The topological polar surface area (TPSA) is 50.2 Å². The van der Waals surface area contributed by atoms with Gasteiger partial charge < -0.3 is 5.32 Å². The molecule has 2 heterocycles. The van der Waals surface area contributed by atoms with Crippen LogP contribution in [0.25, 0.3) is 5.69 Å². The van der Waals surface area contributed by atoms with E-state index in [1.54, 1.807) is 10.9 Å². The van der Waals surface area contributed by atoms with Gasteiger partial charge in [0.05, 0.1) is 12.2 Å². The van der Waals surface area contributed by atoms with Gasteiger partial charge in [-0.15, -0.1) is 0 Å². The monoisotopic (exact) mass is 414 g/mol. The van der Waals surface area contributed by atoms with Gasteiger partial charge in [-0.25, -0.2) is 13.5 Å². The Bertz CT molecular complexity index is 945. The number of hydrogen-bond donors (Lipinski definition) is 1. The van der Waals surface area contributed by atoms with Gasteiger partial charge in [-0.2, -0.15) is 5.10 Å². The van der Waals surface area contributed by atoms with Crippen molar-refractivity contribution in [3.8, 4) is 5.69 Å². The summed E-state index contributed by atoms with van der Waals surface area (Å²) in [6.07, 6.45) is 10.6. The minimum absolute atomic E-state index is 0.112. The highest BCUT2D eigenvalue weighted by molar-refractivity contribution is 5.87. The maximum Gasteiger partial charge on any atom is 0.241 e. The number of amides is 1. The zero-order valence-corrected chi connectivity index (χ0v) is 17.2. The Balaban J connectivity index is 1.41. The summed E-state index contributed by atoms with van der Waals surface area (Å²) in [5, 5.41) is 7.74. The van der Waals surface area contributed by atoms with E-state index in [-0.39, 0.29) is 23.2 Å². The van der Waals surface area contributed by atoms with E-state index in [2.05, 4.69) is 15.3 Å². The molecule has 1 aliphatic heterocycles. The molecule has 1 N–H and O–H groups in total. The lowest BCUT2D eigenvalue weighted by atomic mass is 9.89. The number of hydrogen-bond acceptors (Lipinski definition) is 3. The Morgan fingerprint density at radius 1 is 1.10 bits per heavy atom. The van der Waals surface area contributed by atoms with Gasteiger partial charge in [-0.3, -0.25) is 9.69 Å². The van der Waals surface area contributed by atoms with Crippen molar-refractivity contribution in [1.82, 2.24) is 20.0 Å². The van der Waals surface area contributed by atoms with Crippen molar-refractivity contribution < 1.29 is 13.6 Å². The number of likely N-dealkylation sites (tertiary alicyclic amines) is 1. The zero-order chi connectivity index (χ0) is 20.7. The maximum absolute atomic E-state index is 14.3. The predicted molar refractivity (Wildman–Crippen MR) is 109 cm³/mol. The first kappa shape index (κ1) is 19.7. The van der Waals surface area contributed by atoms with Crippen LogP contribution in [0.2, 0.25) is 0 Å². The molecule has 1 atom stereocenters. The predicted octanol–water partition coefficient (Wildman–Crippen LogP) is 4.05. The molecule has 0 radical (unpaired) electrons. The lowest BCUT2D eigenvalue weighted by Gasteiger charge is -2.39. The van der Waals surface area contributed by atoms with Gasteiger partial charge in [0.2, 0.25) is 5.91 Å². The molecular weight excluding hydrogens is 386 g/mol. The van der Waals surface area contributed by atoms with Crippen LogP contribution >= 0.6 is 0 Å². The molecule has 1 saturated carbocycles. The molecule has 2 fully saturated rings. The molecule has 1 unspecified atom stereocenters. The number of carbonyl (C=O) groups is 1. The average Bonchev–Trinajstić information content (AvgIpc) is 3.49. The summed E-state index contributed by atoms with van der Waals surface area (Å²) >= 11 is 0. The standard InChI is InChI=1S/C23H28F2N4O/c24-16-8-9-21(18(25)14-16)29-20-7-5-6-19(17(20)15-26-29)27-22(30)23(10-1-2-11-23)28-12-3-4-13-28/h8-9,14-15,19H,1-7,10-13H2,(H,27,30). The summed E-state index contributed by atoms with van der Waals surface area (Å²) in [6, 6.07) is 3.43. The smallest absolute Gasteiger partial charge is 0.241 e. The molecule has 0 bridgehead atoms. The van der Waals surface area contributed by atoms with Crippen molar-refractivity contribution in [2.75, 3.05) is 13.1 Å². The molecule has 7 heteroatoms. The number of benzene rings is 1. The highest BCUT2D eigenvalue weighted by Gasteiger charge is 2.47. The minimum Gasteiger partial charge on any atom is -0.348 e. The third kappa shape index (κ3) is 3.23. The summed E-state index contributed by atoms with van der Waals surface area (Å²) in [4.78, 5) is 15.9. The van der Waals surface area contributed by atoms with Crippen LogP contribution in [0.4, 0.5) is 8.78 Å². The second-order valence-corrected chi connectivity index (χ2v) is 8.91. The van der Waals surface area contributed by atoms with Crippen molar-refractivity contribution in [2.24, 2.45) is 0 Å². The van der Waals surface area contributed by atoms with E-state index >= 15 is 0 Å². The summed E-state index contributed by atoms with van der Waals surface area (Å²) in [5.74, 6) is -1.10. The van der Waals surface area contributed by atoms with Gasteiger partial charge in [-0.05, 0) is 70.2 Å². The molecule has 3 aliphatic rings. The Labute approximate surface area is 175 Å². The minimum atomic E-state index is -0.633. The van der Waals surface area contributed by atoms with Gasteiger partial charge in [0.1, 0.15) is 17.0 Å². The van der Waals surface area contributed by atoms with Crippen LogP contribution in [0, 0.1) is 11.6 Å². The van der Waals surface area contributed by atoms with Crippen LogP contribution in [0.15, 0.2) is 24.4 Å². The number of nitrogens with zero attached hydrogens (tertiary/aromatic N) is 3. The molecule has 2 aromatic rings. The molecule has 0 spiro atoms. The Morgan fingerprint density at radius 3 is 2.60 bits per heavy atom. The normalized spacial score (nSPS) is 23.5. The molecule has 160 valence electrons. The maximum atomic E-state index is 14.3. The summed E-state index contributed by atoms with van der Waals surface area (Å²) in [6.45, 7) is 2.01. The summed E-state index contributed by atoms with van der Waals surface area (Å²) in [5.41, 5.74) is 1.73. The molecule has 5 nitrogen and oxygen atoms in total. The van der Waals surface area contributed by atoms with Crippen LogP contribution < -0.4 is 5.32 Å². The number of aromatic nitrogens is 2. The number of fused-ring (bicyclic) bond motifs is 1. The van der Waals surface area contributed by atoms with Crippen LogP contribution in [0.5, 0.6) is 0 Å². The van der Waals surface area contributed by atoms with Gasteiger partial charge >= 0.3 is 0 Å². The van der Waals surface area contributed by atoms with E-state index in [0.29, 0.717) is 0 Å². The van der Waals surface area contributed by atoms with E-state index in [1.807, 2.05) is 0 Å². The van der Waals surface area contributed by atoms with Crippen molar-refractivity contribution in [2.45, 2.75) is 69.4 Å². The zero-order valence-electron chi connectivity index (χ0n) is 17.2. The largest absolute Gasteiger partial charge is 0.348 e. The lowest BCUT2D eigenvalue weighted by molar-refractivity contribution is -0.133. The molecular formula is C23H28F2N4O. The molecule has 1 saturated heterocycles. The fraction of sp³-hybridized carbons (Fsp3) is 0.565. The number of carbonyl (C=O) groups excluding carboxylic acids is 1. The first-order valence-electron chi connectivity index (χ1n) is 11.2. The second kappa shape index (κ2) is 7.76. The SMILES string of the molecule is O=C(NC1CCCc2c1cnn2-c1ccc(F)cc1F)C1(N2CCCC2)CCCC1. The third-order valence-corrected chi connectivity index (χ3v) is 7.19. The van der Waals surface area contributed by atoms with Crippen LogP contribution in [-0.4, -0.2) is 39.2 Å². The van der Waals surface area contributed by atoms with Crippen molar-refractivity contribution >= 4 is 5.91 Å². The molecule has 1 aromatic heterocycles. The Morgan fingerprint density at radius 2 is 1.87 bits per heavy atom. The number of rotatable bonds is 4. The molecule has 1 amide bonds. The fourth-order valence-corrected chi connectivity index (χ4v) is 5.65. The molecule has 5 rings (SSSR count). The van der Waals surface area contributed by atoms with E-state index in [9.17, 15) is 13.6 Å². The second-order valence-electron chi connectivity index (χ2n) is 8.91. The Kier molecular flexibility index (Phi) is 5.09. The van der Waals surface area contributed by atoms with Crippen LogP contribution in [-0.2, 0) is 11.2 Å². The highest BCUT2D eigenvalue weighted by Crippen LogP contribution is 2.39. The summed E-state index contributed by atoms with van der Waals surface area (Å²) < 4.78 is 29.2.